The molecule has 0 saturated carbocycles. The summed E-state index contributed by atoms with van der Waals surface area (Å²) in [6.07, 6.45) is 1.98. The van der Waals surface area contributed by atoms with Crippen LogP contribution in [0.25, 0.3) is 0 Å². The molecule has 5 nitrogen and oxygen atoms in total. The Morgan fingerprint density at radius 1 is 1.33 bits per heavy atom. The number of piperidine rings is 1. The van der Waals surface area contributed by atoms with Gasteiger partial charge < -0.3 is 15.0 Å². The lowest BCUT2D eigenvalue weighted by atomic mass is 9.98. The Bertz CT molecular complexity index is 618. The number of hydrogen-bond donors (Lipinski definition) is 1. The van der Waals surface area contributed by atoms with Crippen LogP contribution in [0.4, 0.5) is 0 Å². The molecule has 0 spiro atoms. The number of aryl methyl sites for hydroxylation is 1. The Balaban J connectivity index is 1.69. The minimum absolute atomic E-state index is 0.0386. The van der Waals surface area contributed by atoms with Gasteiger partial charge in [-0.2, -0.15) is 0 Å². The quantitative estimate of drug-likeness (QED) is 0.783. The Hall–Kier alpha value is -1.88. The van der Waals surface area contributed by atoms with Crippen molar-refractivity contribution in [3.05, 3.63) is 34.9 Å². The lowest BCUT2D eigenvalue weighted by Crippen LogP contribution is -2.51. The zero-order chi connectivity index (χ0) is 14.6. The van der Waals surface area contributed by atoms with E-state index in [2.05, 4.69) is 5.32 Å². The van der Waals surface area contributed by atoms with Crippen LogP contribution in [0.1, 0.15) is 34.3 Å². The molecule has 3 aliphatic rings. The molecule has 2 amide bonds. The first-order chi connectivity index (χ1) is 10.1. The highest BCUT2D eigenvalue weighted by atomic mass is 16.6. The zero-order valence-electron chi connectivity index (χ0n) is 12.0. The normalized spacial score (nSPS) is 31.1. The predicted octanol–water partition coefficient (Wildman–Crippen LogP) is 0.997. The summed E-state index contributed by atoms with van der Waals surface area (Å²) in [5.41, 5.74) is 3.05. The third-order valence-electron chi connectivity index (χ3n) is 4.74. The van der Waals surface area contributed by atoms with E-state index >= 15 is 0 Å². The van der Waals surface area contributed by atoms with Crippen molar-refractivity contribution in [3.63, 3.8) is 0 Å². The van der Waals surface area contributed by atoms with E-state index in [-0.39, 0.29) is 30.2 Å². The first-order valence-electron chi connectivity index (χ1n) is 7.48. The largest absolute Gasteiger partial charge is 0.354 e. The van der Waals surface area contributed by atoms with Gasteiger partial charge in [-0.3, -0.25) is 9.59 Å². The molecule has 0 aliphatic carbocycles. The molecule has 3 heterocycles. The third kappa shape index (κ3) is 2.03. The maximum atomic E-state index is 12.9. The lowest BCUT2D eigenvalue weighted by Gasteiger charge is -2.33. The van der Waals surface area contributed by atoms with Crippen molar-refractivity contribution in [1.29, 1.82) is 0 Å². The van der Waals surface area contributed by atoms with Gasteiger partial charge in [0.1, 0.15) is 6.10 Å². The van der Waals surface area contributed by atoms with Crippen molar-refractivity contribution in [3.8, 4) is 0 Å². The van der Waals surface area contributed by atoms with E-state index in [1.54, 1.807) is 0 Å². The molecule has 21 heavy (non-hydrogen) atoms. The molecule has 2 saturated heterocycles. The van der Waals surface area contributed by atoms with Crippen LogP contribution < -0.4 is 5.32 Å². The summed E-state index contributed by atoms with van der Waals surface area (Å²) in [6, 6.07) is 5.92. The molecule has 0 bridgehead atoms. The molecule has 1 aromatic carbocycles. The minimum atomic E-state index is -0.121. The van der Waals surface area contributed by atoms with Gasteiger partial charge in [0, 0.05) is 24.9 Å². The Morgan fingerprint density at radius 2 is 2.19 bits per heavy atom. The second-order valence-corrected chi connectivity index (χ2v) is 6.08. The summed E-state index contributed by atoms with van der Waals surface area (Å²) < 4.78 is 5.73. The number of benzene rings is 1. The fraction of sp³-hybridized carbons (Fsp3) is 0.500. The average molecular weight is 286 g/mol. The number of carbonyl (C=O) groups is 2. The highest BCUT2D eigenvalue weighted by molar-refractivity contribution is 5.97. The Labute approximate surface area is 123 Å². The van der Waals surface area contributed by atoms with Crippen molar-refractivity contribution >= 4 is 11.8 Å². The van der Waals surface area contributed by atoms with E-state index in [1.807, 2.05) is 30.0 Å². The van der Waals surface area contributed by atoms with Gasteiger partial charge in [0.25, 0.3) is 5.91 Å². The average Bonchev–Trinajstić information content (AvgIpc) is 3.22. The van der Waals surface area contributed by atoms with Crippen LogP contribution in [0.15, 0.2) is 18.2 Å². The van der Waals surface area contributed by atoms with Crippen LogP contribution in [-0.4, -0.2) is 41.6 Å². The molecule has 3 atom stereocenters. The third-order valence-corrected chi connectivity index (χ3v) is 4.74. The van der Waals surface area contributed by atoms with Gasteiger partial charge in [0.15, 0.2) is 6.23 Å². The van der Waals surface area contributed by atoms with Crippen LogP contribution in [-0.2, 0) is 16.0 Å². The molecule has 110 valence electrons. The number of nitrogens with zero attached hydrogens (tertiary/aromatic N) is 1. The van der Waals surface area contributed by atoms with Gasteiger partial charge in [-0.25, -0.2) is 0 Å². The highest BCUT2D eigenvalue weighted by Crippen LogP contribution is 2.38. The van der Waals surface area contributed by atoms with Gasteiger partial charge in [0.05, 0.1) is 6.04 Å². The van der Waals surface area contributed by atoms with E-state index in [9.17, 15) is 9.59 Å². The zero-order valence-corrected chi connectivity index (χ0v) is 12.0. The Morgan fingerprint density at radius 3 is 2.95 bits per heavy atom. The summed E-state index contributed by atoms with van der Waals surface area (Å²) >= 11 is 0. The SMILES string of the molecule is Cc1cccc2c1CC1OC1N(C1CCC(=O)NC1)C2=O. The van der Waals surface area contributed by atoms with E-state index in [0.717, 1.165) is 23.1 Å². The van der Waals surface area contributed by atoms with E-state index in [4.69, 9.17) is 4.74 Å². The van der Waals surface area contributed by atoms with Gasteiger partial charge >= 0.3 is 0 Å². The number of hydrogen-bond acceptors (Lipinski definition) is 3. The van der Waals surface area contributed by atoms with Crippen molar-refractivity contribution in [2.45, 2.75) is 44.6 Å². The predicted molar refractivity (Wildman–Crippen MR) is 75.7 cm³/mol. The van der Waals surface area contributed by atoms with Crippen LogP contribution in [0, 0.1) is 6.92 Å². The molecule has 4 rings (SSSR count). The number of nitrogens with one attached hydrogen (secondary N) is 1. The number of rotatable bonds is 1. The molecule has 1 N–H and O–H groups in total. The number of epoxide rings is 1. The fourth-order valence-electron chi connectivity index (χ4n) is 3.49. The van der Waals surface area contributed by atoms with Gasteiger partial charge in [-0.1, -0.05) is 12.1 Å². The van der Waals surface area contributed by atoms with Gasteiger partial charge in [-0.15, -0.1) is 0 Å². The number of ether oxygens (including phenoxy) is 1. The standard InChI is InChI=1S/C16H18N2O3/c1-9-3-2-4-11-12(9)7-13-16(21-13)18(15(11)20)10-5-6-14(19)17-8-10/h2-4,10,13,16H,5-8H2,1H3,(H,17,19). The molecule has 0 aromatic heterocycles. The molecule has 3 unspecified atom stereocenters. The maximum absolute atomic E-state index is 12.9. The second-order valence-electron chi connectivity index (χ2n) is 6.08. The molecular formula is C16H18N2O3. The summed E-state index contributed by atoms with van der Waals surface area (Å²) in [4.78, 5) is 26.1. The lowest BCUT2D eigenvalue weighted by molar-refractivity contribution is -0.123. The smallest absolute Gasteiger partial charge is 0.256 e. The van der Waals surface area contributed by atoms with Crippen LogP contribution in [0.3, 0.4) is 0 Å². The fourth-order valence-corrected chi connectivity index (χ4v) is 3.49. The van der Waals surface area contributed by atoms with Gasteiger partial charge in [-0.05, 0) is 30.5 Å². The minimum Gasteiger partial charge on any atom is -0.354 e. The maximum Gasteiger partial charge on any atom is 0.256 e. The summed E-state index contributed by atoms with van der Waals surface area (Å²) in [6.45, 7) is 2.57. The van der Waals surface area contributed by atoms with Crippen LogP contribution in [0.5, 0.6) is 0 Å². The second kappa shape index (κ2) is 4.56. The summed E-state index contributed by atoms with van der Waals surface area (Å²) in [5, 5.41) is 2.86. The molecule has 5 heteroatoms. The molecule has 3 aliphatic heterocycles. The molecule has 1 aromatic rings. The Kier molecular flexibility index (Phi) is 2.79. The van der Waals surface area contributed by atoms with E-state index < -0.39 is 0 Å². The molecule has 2 fully saturated rings. The van der Waals surface area contributed by atoms with Crippen LogP contribution >= 0.6 is 0 Å². The van der Waals surface area contributed by atoms with Crippen molar-refractivity contribution < 1.29 is 14.3 Å². The monoisotopic (exact) mass is 286 g/mol. The highest BCUT2D eigenvalue weighted by Gasteiger charge is 2.51. The number of carbonyl (C=O) groups excluding carboxylic acids is 2. The number of amides is 2. The van der Waals surface area contributed by atoms with E-state index in [1.165, 1.54) is 0 Å². The summed E-state index contributed by atoms with van der Waals surface area (Å²) in [5.74, 6) is 0.109. The van der Waals surface area contributed by atoms with Crippen molar-refractivity contribution in [1.82, 2.24) is 10.2 Å². The topological polar surface area (TPSA) is 61.9 Å². The van der Waals surface area contributed by atoms with Gasteiger partial charge in [0.2, 0.25) is 5.91 Å². The van der Waals surface area contributed by atoms with Crippen LogP contribution in [0.2, 0.25) is 0 Å². The summed E-state index contributed by atoms with van der Waals surface area (Å²) in [7, 11) is 0. The number of fused-ring (bicyclic) bond motifs is 2. The molecular weight excluding hydrogens is 268 g/mol. The molecule has 0 radical (unpaired) electrons. The van der Waals surface area contributed by atoms with Crippen molar-refractivity contribution in [2.24, 2.45) is 0 Å². The first-order valence-corrected chi connectivity index (χ1v) is 7.48. The van der Waals surface area contributed by atoms with E-state index in [0.29, 0.717) is 19.4 Å². The van der Waals surface area contributed by atoms with Crippen molar-refractivity contribution in [2.75, 3.05) is 6.54 Å². The first kappa shape index (κ1) is 12.8.